The summed E-state index contributed by atoms with van der Waals surface area (Å²) in [5.74, 6) is -1.46. The molecule has 0 bridgehead atoms. The van der Waals surface area contributed by atoms with Gasteiger partial charge in [0.1, 0.15) is 17.3 Å². The summed E-state index contributed by atoms with van der Waals surface area (Å²) in [5.41, 5.74) is 7.12. The van der Waals surface area contributed by atoms with Crippen LogP contribution in [0.4, 0.5) is 10.1 Å². The molecule has 0 aliphatic rings. The van der Waals surface area contributed by atoms with Crippen molar-refractivity contribution in [1.82, 2.24) is 9.78 Å². The van der Waals surface area contributed by atoms with Gasteiger partial charge in [0, 0.05) is 10.5 Å². The molecule has 4 N–H and O–H groups in total. The number of aryl methyl sites for hydroxylation is 1. The third-order valence-electron chi connectivity index (χ3n) is 4.66. The molecule has 4 rings (SSSR count). The number of nitrogens with one attached hydrogen (secondary N) is 2. The number of hydrogen-bond donors (Lipinski definition) is 4. The fourth-order valence-corrected chi connectivity index (χ4v) is 3.50. The summed E-state index contributed by atoms with van der Waals surface area (Å²) in [5, 5.41) is 16.4. The average molecular weight is 419 g/mol. The molecule has 1 heterocycles. The van der Waals surface area contributed by atoms with Crippen molar-refractivity contribution in [3.63, 3.8) is 0 Å². The lowest BCUT2D eigenvalue weighted by atomic mass is 10.1. The van der Waals surface area contributed by atoms with E-state index in [-0.39, 0.29) is 22.8 Å². The minimum absolute atomic E-state index is 0.0139. The Labute approximate surface area is 177 Å². The number of halogens is 1. The highest BCUT2D eigenvalue weighted by molar-refractivity contribution is 7.80. The van der Waals surface area contributed by atoms with Crippen molar-refractivity contribution in [3.05, 3.63) is 83.4 Å². The van der Waals surface area contributed by atoms with Crippen LogP contribution in [0.1, 0.15) is 21.7 Å². The molecule has 0 saturated heterocycles. The van der Waals surface area contributed by atoms with E-state index in [9.17, 15) is 9.18 Å². The Morgan fingerprint density at radius 1 is 1.13 bits per heavy atom. The normalized spacial score (nSPS) is 10.9. The van der Waals surface area contributed by atoms with Gasteiger partial charge in [0.05, 0.1) is 17.1 Å². The highest BCUT2D eigenvalue weighted by Gasteiger charge is 2.19. The number of benzene rings is 3. The largest absolute Gasteiger partial charge is 0.384 e. The molecule has 0 aliphatic heterocycles. The van der Waals surface area contributed by atoms with Crippen LogP contribution in [-0.4, -0.2) is 21.5 Å². The van der Waals surface area contributed by atoms with Gasteiger partial charge >= 0.3 is 0 Å². The van der Waals surface area contributed by atoms with Crippen molar-refractivity contribution in [2.45, 2.75) is 11.8 Å². The Hall–Kier alpha value is -3.65. The molecule has 0 saturated carbocycles. The van der Waals surface area contributed by atoms with Crippen LogP contribution in [0.3, 0.4) is 0 Å². The molecule has 3 aromatic carbocycles. The SMILES string of the molecule is Cc1cc(C(=O)Nc2ccc(C(=N)N)cc2F)n(-c2cc3ccccc3cc2S)n1. The van der Waals surface area contributed by atoms with E-state index < -0.39 is 11.7 Å². The van der Waals surface area contributed by atoms with Crippen LogP contribution in [0.2, 0.25) is 0 Å². The monoisotopic (exact) mass is 419 g/mol. The summed E-state index contributed by atoms with van der Waals surface area (Å²) in [7, 11) is 0. The van der Waals surface area contributed by atoms with E-state index >= 15 is 0 Å². The Kier molecular flexibility index (Phi) is 5.01. The number of amidine groups is 1. The number of carbonyl (C=O) groups is 1. The summed E-state index contributed by atoms with van der Waals surface area (Å²) in [6.45, 7) is 1.77. The van der Waals surface area contributed by atoms with E-state index in [2.05, 4.69) is 23.0 Å². The van der Waals surface area contributed by atoms with Crippen LogP contribution in [0.15, 0.2) is 65.6 Å². The maximum atomic E-state index is 14.4. The number of amides is 1. The van der Waals surface area contributed by atoms with Gasteiger partial charge in [-0.3, -0.25) is 10.2 Å². The molecule has 0 aliphatic carbocycles. The van der Waals surface area contributed by atoms with Gasteiger partial charge in [-0.15, -0.1) is 12.6 Å². The molecule has 8 heteroatoms. The van der Waals surface area contributed by atoms with Crippen molar-refractivity contribution in [2.75, 3.05) is 5.32 Å². The molecule has 0 radical (unpaired) electrons. The molecule has 6 nitrogen and oxygen atoms in total. The first-order chi connectivity index (χ1) is 14.3. The number of aromatic nitrogens is 2. The van der Waals surface area contributed by atoms with Crippen LogP contribution in [0.5, 0.6) is 0 Å². The van der Waals surface area contributed by atoms with Crippen molar-refractivity contribution in [1.29, 1.82) is 5.41 Å². The van der Waals surface area contributed by atoms with Gasteiger partial charge in [-0.25, -0.2) is 9.07 Å². The smallest absolute Gasteiger partial charge is 0.274 e. The van der Waals surface area contributed by atoms with E-state index in [1.54, 1.807) is 13.0 Å². The summed E-state index contributed by atoms with van der Waals surface area (Å²) < 4.78 is 15.9. The number of anilines is 1. The maximum Gasteiger partial charge on any atom is 0.274 e. The highest BCUT2D eigenvalue weighted by Crippen LogP contribution is 2.27. The van der Waals surface area contributed by atoms with E-state index in [4.69, 9.17) is 11.1 Å². The van der Waals surface area contributed by atoms with Gasteiger partial charge < -0.3 is 11.1 Å². The number of hydrogen-bond acceptors (Lipinski definition) is 4. The molecule has 150 valence electrons. The fourth-order valence-electron chi connectivity index (χ4n) is 3.20. The molecule has 1 aromatic heterocycles. The van der Waals surface area contributed by atoms with Crippen molar-refractivity contribution < 1.29 is 9.18 Å². The summed E-state index contributed by atoms with van der Waals surface area (Å²) >= 11 is 4.57. The standard InChI is InChI=1S/C22H18FN5OS/c1-12-8-19(22(29)26-17-7-6-15(21(24)25)9-16(17)23)28(27-12)18-10-13-4-2-3-5-14(13)11-20(18)30/h2-11,30H,1H3,(H3,24,25)(H,26,29). The number of nitrogen functional groups attached to an aromatic ring is 1. The molecule has 0 fully saturated rings. The fraction of sp³-hybridized carbons (Fsp3) is 0.0455. The quantitative estimate of drug-likeness (QED) is 0.226. The second-order valence-electron chi connectivity index (χ2n) is 6.83. The van der Waals surface area contributed by atoms with Crippen molar-refractivity contribution >= 4 is 40.8 Å². The van der Waals surface area contributed by atoms with Gasteiger partial charge in [0.15, 0.2) is 0 Å². The Morgan fingerprint density at radius 2 is 1.83 bits per heavy atom. The summed E-state index contributed by atoms with van der Waals surface area (Å²) in [6.07, 6.45) is 0. The number of nitrogens with zero attached hydrogens (tertiary/aromatic N) is 2. The van der Waals surface area contributed by atoms with E-state index in [0.29, 0.717) is 16.3 Å². The maximum absolute atomic E-state index is 14.4. The number of thiol groups is 1. The highest BCUT2D eigenvalue weighted by atomic mass is 32.1. The number of nitrogens with two attached hydrogens (primary N) is 1. The predicted molar refractivity (Wildman–Crippen MR) is 118 cm³/mol. The molecule has 0 spiro atoms. The minimum atomic E-state index is -0.681. The van der Waals surface area contributed by atoms with Crippen LogP contribution in [0.25, 0.3) is 16.5 Å². The first-order valence-electron chi connectivity index (χ1n) is 9.07. The van der Waals surface area contributed by atoms with E-state index in [1.807, 2.05) is 36.4 Å². The van der Waals surface area contributed by atoms with Gasteiger partial charge in [0.2, 0.25) is 0 Å². The number of rotatable bonds is 4. The van der Waals surface area contributed by atoms with Gasteiger partial charge in [-0.05, 0) is 54.1 Å². The minimum Gasteiger partial charge on any atom is -0.384 e. The van der Waals surface area contributed by atoms with E-state index in [0.717, 1.165) is 16.8 Å². The first-order valence-corrected chi connectivity index (χ1v) is 9.52. The predicted octanol–water partition coefficient (Wildman–Crippen LogP) is 4.30. The van der Waals surface area contributed by atoms with Crippen LogP contribution >= 0.6 is 12.6 Å². The molecule has 1 amide bonds. The second kappa shape index (κ2) is 7.64. The average Bonchev–Trinajstić information content (AvgIpc) is 3.10. The summed E-state index contributed by atoms with van der Waals surface area (Å²) in [6, 6.07) is 17.2. The summed E-state index contributed by atoms with van der Waals surface area (Å²) in [4.78, 5) is 13.6. The molecule has 30 heavy (non-hydrogen) atoms. The van der Waals surface area contributed by atoms with Crippen LogP contribution in [0, 0.1) is 18.2 Å². The van der Waals surface area contributed by atoms with Gasteiger partial charge in [-0.2, -0.15) is 5.10 Å². The zero-order valence-corrected chi connectivity index (χ0v) is 16.9. The molecular formula is C22H18FN5OS. The van der Waals surface area contributed by atoms with Crippen LogP contribution in [-0.2, 0) is 0 Å². The lowest BCUT2D eigenvalue weighted by Crippen LogP contribution is -2.18. The zero-order chi connectivity index (χ0) is 21.4. The molecule has 0 atom stereocenters. The topological polar surface area (TPSA) is 96.8 Å². The lowest BCUT2D eigenvalue weighted by Gasteiger charge is -2.12. The Balaban J connectivity index is 1.73. The third-order valence-corrected chi connectivity index (χ3v) is 5.02. The van der Waals surface area contributed by atoms with E-state index in [1.165, 1.54) is 16.8 Å². The first kappa shape index (κ1) is 19.7. The zero-order valence-electron chi connectivity index (χ0n) is 16.0. The second-order valence-corrected chi connectivity index (χ2v) is 7.32. The molecule has 4 aromatic rings. The van der Waals surface area contributed by atoms with Gasteiger partial charge in [0.25, 0.3) is 5.91 Å². The lowest BCUT2D eigenvalue weighted by molar-refractivity contribution is 0.101. The van der Waals surface area contributed by atoms with Crippen LogP contribution < -0.4 is 11.1 Å². The van der Waals surface area contributed by atoms with Crippen molar-refractivity contribution in [3.8, 4) is 5.69 Å². The van der Waals surface area contributed by atoms with Gasteiger partial charge in [-0.1, -0.05) is 24.3 Å². The van der Waals surface area contributed by atoms with Crippen molar-refractivity contribution in [2.24, 2.45) is 5.73 Å². The molecule has 0 unspecified atom stereocenters. The molecular weight excluding hydrogens is 401 g/mol. The third kappa shape index (κ3) is 3.65. The number of carbonyl (C=O) groups excluding carboxylic acids is 1. The Morgan fingerprint density at radius 3 is 2.50 bits per heavy atom. The number of fused-ring (bicyclic) bond motifs is 1. The Bertz CT molecular complexity index is 1310.